The highest BCUT2D eigenvalue weighted by molar-refractivity contribution is 5.75. The Balaban J connectivity index is 2.47. The normalized spacial score (nSPS) is 22.1. The van der Waals surface area contributed by atoms with E-state index < -0.39 is 0 Å². The number of carbonyl (C=O) groups excluding carboxylic acids is 1. The number of piperazine rings is 1. The maximum absolute atomic E-state index is 11.6. The highest BCUT2D eigenvalue weighted by atomic mass is 16.5. The molecule has 0 amide bonds. The fourth-order valence-corrected chi connectivity index (χ4v) is 2.28. The Labute approximate surface area is 104 Å². The summed E-state index contributed by atoms with van der Waals surface area (Å²) < 4.78 is 4.78. The molecule has 1 heterocycles. The van der Waals surface area contributed by atoms with Gasteiger partial charge in [-0.05, 0) is 13.3 Å². The van der Waals surface area contributed by atoms with Gasteiger partial charge in [0.15, 0.2) is 0 Å². The summed E-state index contributed by atoms with van der Waals surface area (Å²) in [6, 6.07) is 0.339. The van der Waals surface area contributed by atoms with Crippen LogP contribution >= 0.6 is 0 Å². The third-order valence-electron chi connectivity index (χ3n) is 3.70. The maximum Gasteiger partial charge on any atom is 0.324 e. The lowest BCUT2D eigenvalue weighted by atomic mass is 10.1. The van der Waals surface area contributed by atoms with E-state index in [-0.39, 0.29) is 12.0 Å². The van der Waals surface area contributed by atoms with Crippen LogP contribution in [0.5, 0.6) is 0 Å². The number of nitrogens with two attached hydrogens (primary N) is 1. The molecule has 0 aliphatic carbocycles. The summed E-state index contributed by atoms with van der Waals surface area (Å²) >= 11 is 0. The summed E-state index contributed by atoms with van der Waals surface area (Å²) in [6.45, 7) is 8.56. The summed E-state index contributed by atoms with van der Waals surface area (Å²) in [5.74, 6) is -0.218. The fraction of sp³-hybridized carbons (Fsp3) is 0.917. The summed E-state index contributed by atoms with van der Waals surface area (Å²) in [5, 5.41) is 0. The number of methoxy groups -OCH3 is 1. The molecule has 2 N–H and O–H groups in total. The monoisotopic (exact) mass is 243 g/mol. The average Bonchev–Trinajstić information content (AvgIpc) is 2.39. The van der Waals surface area contributed by atoms with E-state index >= 15 is 0 Å². The first-order valence-corrected chi connectivity index (χ1v) is 6.40. The van der Waals surface area contributed by atoms with Crippen molar-refractivity contribution in [3.63, 3.8) is 0 Å². The maximum atomic E-state index is 11.6. The number of nitrogens with zero attached hydrogens (tertiary/aromatic N) is 2. The van der Waals surface area contributed by atoms with Gasteiger partial charge in [0, 0.05) is 38.8 Å². The summed E-state index contributed by atoms with van der Waals surface area (Å²) in [5.41, 5.74) is 5.64. The first kappa shape index (κ1) is 14.4. The van der Waals surface area contributed by atoms with Crippen LogP contribution < -0.4 is 5.73 Å². The largest absolute Gasteiger partial charge is 0.468 e. The van der Waals surface area contributed by atoms with Crippen molar-refractivity contribution >= 4 is 5.97 Å². The van der Waals surface area contributed by atoms with Gasteiger partial charge in [-0.15, -0.1) is 0 Å². The lowest BCUT2D eigenvalue weighted by Crippen LogP contribution is -2.56. The van der Waals surface area contributed by atoms with Crippen molar-refractivity contribution in [2.45, 2.75) is 32.4 Å². The van der Waals surface area contributed by atoms with Crippen molar-refractivity contribution in [1.29, 1.82) is 0 Å². The minimum absolute atomic E-state index is 0.218. The lowest BCUT2D eigenvalue weighted by molar-refractivity contribution is -0.147. The fourth-order valence-electron chi connectivity index (χ4n) is 2.28. The third-order valence-corrected chi connectivity index (χ3v) is 3.70. The molecule has 1 saturated heterocycles. The Morgan fingerprint density at radius 3 is 2.24 bits per heavy atom. The Bertz CT molecular complexity index is 240. The predicted molar refractivity (Wildman–Crippen MR) is 67.8 cm³/mol. The van der Waals surface area contributed by atoms with Crippen molar-refractivity contribution in [3.8, 4) is 0 Å². The quantitative estimate of drug-likeness (QED) is 0.684. The molecule has 2 atom stereocenters. The van der Waals surface area contributed by atoms with Crippen molar-refractivity contribution < 1.29 is 9.53 Å². The van der Waals surface area contributed by atoms with Gasteiger partial charge in [-0.1, -0.05) is 6.92 Å². The van der Waals surface area contributed by atoms with Crippen LogP contribution in [-0.2, 0) is 9.53 Å². The molecule has 1 aliphatic heterocycles. The second kappa shape index (κ2) is 6.93. The molecule has 0 spiro atoms. The van der Waals surface area contributed by atoms with E-state index in [1.54, 1.807) is 0 Å². The van der Waals surface area contributed by atoms with Crippen molar-refractivity contribution in [2.24, 2.45) is 5.73 Å². The zero-order valence-electron chi connectivity index (χ0n) is 11.2. The highest BCUT2D eigenvalue weighted by Crippen LogP contribution is 2.11. The molecule has 5 nitrogen and oxygen atoms in total. The minimum Gasteiger partial charge on any atom is -0.468 e. The van der Waals surface area contributed by atoms with Crippen LogP contribution in [0.25, 0.3) is 0 Å². The topological polar surface area (TPSA) is 58.8 Å². The van der Waals surface area contributed by atoms with Crippen LogP contribution in [0, 0.1) is 0 Å². The van der Waals surface area contributed by atoms with Gasteiger partial charge in [-0.2, -0.15) is 0 Å². The molecule has 17 heavy (non-hydrogen) atoms. The Morgan fingerprint density at radius 2 is 1.82 bits per heavy atom. The zero-order valence-corrected chi connectivity index (χ0v) is 11.2. The highest BCUT2D eigenvalue weighted by Gasteiger charge is 2.29. The van der Waals surface area contributed by atoms with Gasteiger partial charge in [0.1, 0.15) is 6.04 Å². The van der Waals surface area contributed by atoms with Gasteiger partial charge < -0.3 is 10.5 Å². The van der Waals surface area contributed by atoms with Gasteiger partial charge in [0.05, 0.1) is 7.11 Å². The molecule has 0 radical (unpaired) electrons. The van der Waals surface area contributed by atoms with Crippen LogP contribution in [0.4, 0.5) is 0 Å². The van der Waals surface area contributed by atoms with E-state index in [9.17, 15) is 4.79 Å². The number of carbonyl (C=O) groups is 1. The molecule has 100 valence electrons. The molecular weight excluding hydrogens is 218 g/mol. The summed E-state index contributed by atoms with van der Waals surface area (Å²) in [4.78, 5) is 16.1. The molecule has 0 aromatic carbocycles. The standard InChI is InChI=1S/C12H25N3O2/c1-4-10(2)14-5-7-15(8-6-14)11(9-13)12(16)17-3/h10-11H,4-9,13H2,1-3H3. The first-order chi connectivity index (χ1) is 8.13. The van der Waals surface area contributed by atoms with Gasteiger partial charge >= 0.3 is 5.97 Å². The van der Waals surface area contributed by atoms with Crippen LogP contribution in [0.2, 0.25) is 0 Å². The second-order valence-corrected chi connectivity index (χ2v) is 4.60. The number of rotatable bonds is 5. The molecule has 0 aromatic heterocycles. The number of hydrogen-bond donors (Lipinski definition) is 1. The number of ether oxygens (including phenoxy) is 1. The molecule has 0 bridgehead atoms. The molecule has 1 rings (SSSR count). The Morgan fingerprint density at radius 1 is 1.29 bits per heavy atom. The Hall–Kier alpha value is -0.650. The van der Waals surface area contributed by atoms with Crippen LogP contribution in [0.1, 0.15) is 20.3 Å². The smallest absolute Gasteiger partial charge is 0.324 e. The zero-order chi connectivity index (χ0) is 12.8. The molecule has 5 heteroatoms. The van der Waals surface area contributed by atoms with Gasteiger partial charge in [0.2, 0.25) is 0 Å². The van der Waals surface area contributed by atoms with Crippen LogP contribution in [-0.4, -0.2) is 67.7 Å². The first-order valence-electron chi connectivity index (χ1n) is 6.40. The average molecular weight is 243 g/mol. The summed E-state index contributed by atoms with van der Waals surface area (Å²) in [6.07, 6.45) is 1.16. The van der Waals surface area contributed by atoms with Gasteiger partial charge in [0.25, 0.3) is 0 Å². The van der Waals surface area contributed by atoms with E-state index in [1.165, 1.54) is 7.11 Å². The predicted octanol–water partition coefficient (Wildman–Crippen LogP) is -0.0972. The molecule has 0 aromatic rings. The molecule has 1 aliphatic rings. The second-order valence-electron chi connectivity index (χ2n) is 4.60. The molecule has 2 unspecified atom stereocenters. The lowest BCUT2D eigenvalue weighted by Gasteiger charge is -2.40. The number of esters is 1. The Kier molecular flexibility index (Phi) is 5.88. The van der Waals surface area contributed by atoms with Crippen LogP contribution in [0.3, 0.4) is 0 Å². The summed E-state index contributed by atoms with van der Waals surface area (Å²) in [7, 11) is 1.42. The third kappa shape index (κ3) is 3.66. The molecular formula is C12H25N3O2. The van der Waals surface area contributed by atoms with Crippen molar-refractivity contribution in [3.05, 3.63) is 0 Å². The van der Waals surface area contributed by atoms with E-state index in [1.807, 2.05) is 0 Å². The molecule has 0 saturated carbocycles. The van der Waals surface area contributed by atoms with Gasteiger partial charge in [-0.25, -0.2) is 0 Å². The van der Waals surface area contributed by atoms with E-state index in [2.05, 4.69) is 23.6 Å². The van der Waals surface area contributed by atoms with Crippen molar-refractivity contribution in [2.75, 3.05) is 39.8 Å². The number of hydrogen-bond acceptors (Lipinski definition) is 5. The van der Waals surface area contributed by atoms with E-state index in [0.29, 0.717) is 12.6 Å². The minimum atomic E-state index is -0.279. The van der Waals surface area contributed by atoms with Crippen molar-refractivity contribution in [1.82, 2.24) is 9.80 Å². The SMILES string of the molecule is CCC(C)N1CCN(C(CN)C(=O)OC)CC1. The van der Waals surface area contributed by atoms with E-state index in [0.717, 1.165) is 32.6 Å². The van der Waals surface area contributed by atoms with Crippen LogP contribution in [0.15, 0.2) is 0 Å². The van der Waals surface area contributed by atoms with E-state index in [4.69, 9.17) is 10.5 Å². The molecule has 1 fully saturated rings. The van der Waals surface area contributed by atoms with Gasteiger partial charge in [-0.3, -0.25) is 14.6 Å².